The average Bonchev–Trinajstić information content (AvgIpc) is 2.42. The second kappa shape index (κ2) is 3.87. The molecule has 1 aliphatic heterocycles. The van der Waals surface area contributed by atoms with Crippen LogP contribution in [0.2, 0.25) is 0 Å². The van der Waals surface area contributed by atoms with Gasteiger partial charge in [0.05, 0.1) is 5.69 Å². The molecule has 0 bridgehead atoms. The number of hydrogen-bond donors (Lipinski definition) is 1. The van der Waals surface area contributed by atoms with Gasteiger partial charge in [-0.3, -0.25) is 0 Å². The Morgan fingerprint density at radius 1 is 1.53 bits per heavy atom. The first-order valence-corrected chi connectivity index (χ1v) is 5.91. The fourth-order valence-electron chi connectivity index (χ4n) is 2.34. The fraction of sp³-hybridized carbons (Fsp3) is 0.750. The van der Waals surface area contributed by atoms with Crippen LogP contribution in [0, 0.1) is 11.8 Å². The van der Waals surface area contributed by atoms with Gasteiger partial charge in [0.2, 0.25) is 0 Å². The Bertz CT molecular complexity index is 352. The Morgan fingerprint density at radius 3 is 2.93 bits per heavy atom. The minimum absolute atomic E-state index is 0.646. The van der Waals surface area contributed by atoms with Crippen LogP contribution < -0.4 is 5.73 Å². The first-order valence-electron chi connectivity index (χ1n) is 5.91. The molecule has 84 valence electrons. The Kier molecular flexibility index (Phi) is 2.72. The SMILES string of the molecule is CC(C)Cc1nc(N)c2n1CC(C)CC2. The molecule has 0 fully saturated rings. The van der Waals surface area contributed by atoms with Crippen LogP contribution in [0.15, 0.2) is 0 Å². The molecule has 1 aromatic heterocycles. The van der Waals surface area contributed by atoms with Crippen molar-refractivity contribution in [2.24, 2.45) is 11.8 Å². The number of aromatic nitrogens is 2. The van der Waals surface area contributed by atoms with Crippen molar-refractivity contribution in [3.8, 4) is 0 Å². The summed E-state index contributed by atoms with van der Waals surface area (Å²) in [7, 11) is 0. The van der Waals surface area contributed by atoms with Crippen molar-refractivity contribution in [1.29, 1.82) is 0 Å². The van der Waals surface area contributed by atoms with E-state index in [1.807, 2.05) is 0 Å². The summed E-state index contributed by atoms with van der Waals surface area (Å²) in [6.45, 7) is 7.86. The highest BCUT2D eigenvalue weighted by atomic mass is 15.1. The molecule has 1 aliphatic rings. The monoisotopic (exact) mass is 207 g/mol. The summed E-state index contributed by atoms with van der Waals surface area (Å²) in [5.74, 6) is 3.35. The van der Waals surface area contributed by atoms with Crippen LogP contribution in [0.25, 0.3) is 0 Å². The molecule has 0 saturated heterocycles. The van der Waals surface area contributed by atoms with Crippen LogP contribution in [0.3, 0.4) is 0 Å². The second-order valence-corrected chi connectivity index (χ2v) is 5.21. The Balaban J connectivity index is 2.32. The fourth-order valence-corrected chi connectivity index (χ4v) is 2.34. The molecule has 2 N–H and O–H groups in total. The van der Waals surface area contributed by atoms with E-state index in [1.165, 1.54) is 17.9 Å². The zero-order valence-corrected chi connectivity index (χ0v) is 9.95. The smallest absolute Gasteiger partial charge is 0.145 e. The van der Waals surface area contributed by atoms with Crippen molar-refractivity contribution >= 4 is 5.82 Å². The number of nitrogen functional groups attached to an aromatic ring is 1. The minimum atomic E-state index is 0.646. The second-order valence-electron chi connectivity index (χ2n) is 5.21. The van der Waals surface area contributed by atoms with Crippen molar-refractivity contribution in [1.82, 2.24) is 9.55 Å². The molecular formula is C12H21N3. The number of imidazole rings is 1. The molecule has 1 unspecified atom stereocenters. The molecule has 2 heterocycles. The quantitative estimate of drug-likeness (QED) is 0.808. The maximum atomic E-state index is 5.95. The summed E-state index contributed by atoms with van der Waals surface area (Å²) in [6.07, 6.45) is 3.38. The molecule has 15 heavy (non-hydrogen) atoms. The molecule has 0 radical (unpaired) electrons. The van der Waals surface area contributed by atoms with Gasteiger partial charge in [-0.15, -0.1) is 0 Å². The summed E-state index contributed by atoms with van der Waals surface area (Å²) in [5.41, 5.74) is 7.22. The van der Waals surface area contributed by atoms with Crippen LogP contribution in [-0.4, -0.2) is 9.55 Å². The first kappa shape index (κ1) is 10.5. The lowest BCUT2D eigenvalue weighted by atomic mass is 9.99. The lowest BCUT2D eigenvalue weighted by molar-refractivity contribution is 0.386. The Morgan fingerprint density at radius 2 is 2.27 bits per heavy atom. The molecule has 0 aromatic carbocycles. The van der Waals surface area contributed by atoms with Crippen molar-refractivity contribution in [3.05, 3.63) is 11.5 Å². The number of fused-ring (bicyclic) bond motifs is 1. The maximum absolute atomic E-state index is 5.95. The third-order valence-electron chi connectivity index (χ3n) is 3.14. The van der Waals surface area contributed by atoms with Gasteiger partial charge in [-0.05, 0) is 24.7 Å². The van der Waals surface area contributed by atoms with Crippen LogP contribution in [0.4, 0.5) is 5.82 Å². The summed E-state index contributed by atoms with van der Waals surface area (Å²) in [6, 6.07) is 0. The van der Waals surface area contributed by atoms with Gasteiger partial charge in [0.1, 0.15) is 11.6 Å². The van der Waals surface area contributed by atoms with E-state index in [1.54, 1.807) is 0 Å². The minimum Gasteiger partial charge on any atom is -0.382 e. The van der Waals surface area contributed by atoms with Gasteiger partial charge >= 0.3 is 0 Å². The van der Waals surface area contributed by atoms with Gasteiger partial charge in [0, 0.05) is 13.0 Å². The van der Waals surface area contributed by atoms with Gasteiger partial charge in [0.15, 0.2) is 0 Å². The van der Waals surface area contributed by atoms with E-state index in [4.69, 9.17) is 5.73 Å². The number of rotatable bonds is 2. The summed E-state index contributed by atoms with van der Waals surface area (Å²) in [5, 5.41) is 0. The number of nitrogens with two attached hydrogens (primary N) is 1. The molecule has 0 saturated carbocycles. The van der Waals surface area contributed by atoms with Crippen LogP contribution in [-0.2, 0) is 19.4 Å². The third kappa shape index (κ3) is 2.01. The van der Waals surface area contributed by atoms with E-state index >= 15 is 0 Å². The Labute approximate surface area is 91.7 Å². The van der Waals surface area contributed by atoms with Gasteiger partial charge in [-0.25, -0.2) is 4.98 Å². The van der Waals surface area contributed by atoms with Crippen molar-refractivity contribution in [2.75, 3.05) is 5.73 Å². The molecule has 0 aliphatic carbocycles. The molecule has 3 heteroatoms. The predicted octanol–water partition coefficient (Wildman–Crippen LogP) is 2.25. The third-order valence-corrected chi connectivity index (χ3v) is 3.14. The molecule has 3 nitrogen and oxygen atoms in total. The van der Waals surface area contributed by atoms with Crippen molar-refractivity contribution in [2.45, 2.75) is 46.6 Å². The molecule has 0 spiro atoms. The Hall–Kier alpha value is -0.990. The average molecular weight is 207 g/mol. The van der Waals surface area contributed by atoms with Gasteiger partial charge < -0.3 is 10.3 Å². The van der Waals surface area contributed by atoms with E-state index < -0.39 is 0 Å². The standard InChI is InChI=1S/C12H21N3/c1-8(2)6-11-14-12(13)10-5-4-9(3)7-15(10)11/h8-9H,4-7,13H2,1-3H3. The topological polar surface area (TPSA) is 43.8 Å². The van der Waals surface area contributed by atoms with Crippen LogP contribution in [0.5, 0.6) is 0 Å². The van der Waals surface area contributed by atoms with E-state index in [0.29, 0.717) is 5.92 Å². The van der Waals surface area contributed by atoms with Crippen molar-refractivity contribution < 1.29 is 0 Å². The highest BCUT2D eigenvalue weighted by Crippen LogP contribution is 2.26. The van der Waals surface area contributed by atoms with Gasteiger partial charge in [0.25, 0.3) is 0 Å². The van der Waals surface area contributed by atoms with Crippen molar-refractivity contribution in [3.63, 3.8) is 0 Å². The molecule has 0 amide bonds. The van der Waals surface area contributed by atoms with Gasteiger partial charge in [-0.2, -0.15) is 0 Å². The predicted molar refractivity (Wildman–Crippen MR) is 62.7 cm³/mol. The lowest BCUT2D eigenvalue weighted by Crippen LogP contribution is -2.20. The highest BCUT2D eigenvalue weighted by Gasteiger charge is 2.21. The number of nitrogens with zero attached hydrogens (tertiary/aromatic N) is 2. The first-order chi connectivity index (χ1) is 7.08. The van der Waals surface area contributed by atoms with E-state index in [-0.39, 0.29) is 0 Å². The number of hydrogen-bond acceptors (Lipinski definition) is 2. The zero-order chi connectivity index (χ0) is 11.0. The summed E-state index contributed by atoms with van der Waals surface area (Å²) < 4.78 is 2.35. The summed E-state index contributed by atoms with van der Waals surface area (Å²) >= 11 is 0. The van der Waals surface area contributed by atoms with Gasteiger partial charge in [-0.1, -0.05) is 20.8 Å². The normalized spacial score (nSPS) is 20.7. The van der Waals surface area contributed by atoms with E-state index in [9.17, 15) is 0 Å². The highest BCUT2D eigenvalue weighted by molar-refractivity contribution is 5.38. The number of anilines is 1. The van der Waals surface area contributed by atoms with E-state index in [0.717, 1.165) is 31.1 Å². The lowest BCUT2D eigenvalue weighted by Gasteiger charge is -2.22. The van der Waals surface area contributed by atoms with Crippen LogP contribution in [0.1, 0.15) is 38.7 Å². The molecule has 1 atom stereocenters. The molecule has 1 aromatic rings. The molecule has 2 rings (SSSR count). The zero-order valence-electron chi connectivity index (χ0n) is 9.95. The van der Waals surface area contributed by atoms with E-state index in [2.05, 4.69) is 30.3 Å². The largest absolute Gasteiger partial charge is 0.382 e. The maximum Gasteiger partial charge on any atom is 0.145 e. The summed E-state index contributed by atoms with van der Waals surface area (Å²) in [4.78, 5) is 4.51. The molecular weight excluding hydrogens is 186 g/mol. The van der Waals surface area contributed by atoms with Crippen LogP contribution >= 0.6 is 0 Å².